The zero-order chi connectivity index (χ0) is 26.2. The number of hydrogen-bond acceptors (Lipinski definition) is 6. The molecule has 2 aromatic heterocycles. The smallest absolute Gasteiger partial charge is 0.389 e. The molecule has 0 unspecified atom stereocenters. The number of carbonyl (C=O) groups is 2. The van der Waals surface area contributed by atoms with Crippen molar-refractivity contribution in [2.24, 2.45) is 7.05 Å². The standard InChI is InChI=1S/C29H31N5O3S/c1-18-10-12-19(13-11-18)25-24(31-27(38-25)20-14-15-20)28(35)34-16-6-5-7-21(34)17-30-29(36)37-26-22-8-3-4-9-23(22)33(2)32-26/h3-4,8-13,20-21H,5-7,14-17H2,1-2H3,(H,30,36)/t21-/m0/s1. The molecule has 1 atom stereocenters. The first kappa shape index (κ1) is 24.6. The van der Waals surface area contributed by atoms with E-state index in [2.05, 4.69) is 41.6 Å². The van der Waals surface area contributed by atoms with Gasteiger partial charge in [-0.1, -0.05) is 42.0 Å². The molecule has 0 bridgehead atoms. The molecule has 2 aliphatic rings. The van der Waals surface area contributed by atoms with Gasteiger partial charge in [0.2, 0.25) is 0 Å². The molecule has 1 saturated carbocycles. The molecule has 0 spiro atoms. The van der Waals surface area contributed by atoms with Gasteiger partial charge in [-0.05, 0) is 56.7 Å². The van der Waals surface area contributed by atoms with Crippen LogP contribution in [0.2, 0.25) is 0 Å². The summed E-state index contributed by atoms with van der Waals surface area (Å²) in [5, 5.41) is 9.04. The van der Waals surface area contributed by atoms with Crippen LogP contribution in [-0.2, 0) is 7.05 Å². The Morgan fingerprint density at radius 1 is 1.08 bits per heavy atom. The molecule has 8 nitrogen and oxygen atoms in total. The monoisotopic (exact) mass is 529 g/mol. The summed E-state index contributed by atoms with van der Waals surface area (Å²) in [5.74, 6) is 0.691. The van der Waals surface area contributed by atoms with Crippen molar-refractivity contribution in [3.05, 3.63) is 64.8 Å². The van der Waals surface area contributed by atoms with Gasteiger partial charge in [0, 0.05) is 32.1 Å². The van der Waals surface area contributed by atoms with Gasteiger partial charge in [0.15, 0.2) is 0 Å². The van der Waals surface area contributed by atoms with Crippen molar-refractivity contribution in [3.8, 4) is 16.3 Å². The number of para-hydroxylation sites is 1. The number of fused-ring (bicyclic) bond motifs is 1. The van der Waals surface area contributed by atoms with Gasteiger partial charge >= 0.3 is 6.09 Å². The molecule has 3 heterocycles. The number of amides is 2. The van der Waals surface area contributed by atoms with Gasteiger partial charge in [0.1, 0.15) is 5.69 Å². The van der Waals surface area contributed by atoms with Crippen LogP contribution in [0.4, 0.5) is 4.79 Å². The van der Waals surface area contributed by atoms with Crippen molar-refractivity contribution in [2.75, 3.05) is 13.1 Å². The van der Waals surface area contributed by atoms with Crippen LogP contribution >= 0.6 is 11.3 Å². The number of ether oxygens (including phenoxy) is 1. The van der Waals surface area contributed by atoms with Gasteiger partial charge in [-0.15, -0.1) is 16.4 Å². The van der Waals surface area contributed by atoms with E-state index in [1.807, 2.05) is 36.2 Å². The Bertz CT molecular complexity index is 1490. The van der Waals surface area contributed by atoms with Crippen LogP contribution in [0.25, 0.3) is 21.3 Å². The highest BCUT2D eigenvalue weighted by Gasteiger charge is 2.34. The number of thiazole rings is 1. The van der Waals surface area contributed by atoms with Crippen LogP contribution in [-0.4, -0.2) is 50.8 Å². The van der Waals surface area contributed by atoms with Crippen LogP contribution in [0.15, 0.2) is 48.5 Å². The minimum Gasteiger partial charge on any atom is -0.389 e. The predicted octanol–water partition coefficient (Wildman–Crippen LogP) is 5.67. The third kappa shape index (κ3) is 4.90. The van der Waals surface area contributed by atoms with E-state index in [4.69, 9.17) is 9.72 Å². The van der Waals surface area contributed by atoms with Gasteiger partial charge in [0.05, 0.1) is 20.8 Å². The van der Waals surface area contributed by atoms with Gasteiger partial charge in [0.25, 0.3) is 11.8 Å². The number of aryl methyl sites for hydroxylation is 2. The number of likely N-dealkylation sites (tertiary alicyclic amines) is 1. The number of hydrogen-bond donors (Lipinski definition) is 1. The molecule has 2 aromatic carbocycles. The van der Waals surface area contributed by atoms with Crippen LogP contribution in [0, 0.1) is 6.92 Å². The summed E-state index contributed by atoms with van der Waals surface area (Å²) in [4.78, 5) is 34.3. The van der Waals surface area contributed by atoms with Gasteiger partial charge in [-0.25, -0.2) is 9.78 Å². The van der Waals surface area contributed by atoms with E-state index in [0.29, 0.717) is 24.7 Å². The minimum absolute atomic E-state index is 0.0562. The molecule has 0 radical (unpaired) electrons. The Labute approximate surface area is 225 Å². The molecule has 4 aromatic rings. The highest BCUT2D eigenvalue weighted by molar-refractivity contribution is 7.15. The van der Waals surface area contributed by atoms with Crippen molar-refractivity contribution in [2.45, 2.75) is 51.0 Å². The second kappa shape index (κ2) is 10.2. The van der Waals surface area contributed by atoms with Crippen molar-refractivity contribution in [3.63, 3.8) is 0 Å². The molecule has 38 heavy (non-hydrogen) atoms. The van der Waals surface area contributed by atoms with Gasteiger partial charge in [-0.3, -0.25) is 9.48 Å². The summed E-state index contributed by atoms with van der Waals surface area (Å²) in [6.45, 7) is 3.02. The van der Waals surface area contributed by atoms with Crippen LogP contribution < -0.4 is 10.1 Å². The normalized spacial score (nSPS) is 17.5. The molecule has 2 amide bonds. The lowest BCUT2D eigenvalue weighted by Gasteiger charge is -2.35. The Morgan fingerprint density at radius 2 is 1.87 bits per heavy atom. The van der Waals surface area contributed by atoms with E-state index in [1.54, 1.807) is 16.0 Å². The third-order valence-electron chi connectivity index (χ3n) is 7.37. The zero-order valence-electron chi connectivity index (χ0n) is 21.6. The van der Waals surface area contributed by atoms with Gasteiger partial charge < -0.3 is 15.0 Å². The van der Waals surface area contributed by atoms with E-state index in [9.17, 15) is 9.59 Å². The van der Waals surface area contributed by atoms with E-state index >= 15 is 0 Å². The van der Waals surface area contributed by atoms with E-state index < -0.39 is 6.09 Å². The number of carbonyl (C=O) groups excluding carboxylic acids is 2. The second-order valence-corrected chi connectivity index (χ2v) is 11.3. The van der Waals surface area contributed by atoms with E-state index in [-0.39, 0.29) is 17.8 Å². The average molecular weight is 530 g/mol. The highest BCUT2D eigenvalue weighted by atomic mass is 32.1. The average Bonchev–Trinajstić information content (AvgIpc) is 3.62. The number of benzene rings is 2. The third-order valence-corrected chi connectivity index (χ3v) is 8.64. The van der Waals surface area contributed by atoms with E-state index in [0.717, 1.165) is 58.5 Å². The Hall–Kier alpha value is -3.72. The topological polar surface area (TPSA) is 89.3 Å². The first-order valence-electron chi connectivity index (χ1n) is 13.2. The fourth-order valence-corrected chi connectivity index (χ4v) is 6.32. The summed E-state index contributed by atoms with van der Waals surface area (Å²) >= 11 is 1.65. The zero-order valence-corrected chi connectivity index (χ0v) is 22.5. The molecule has 1 aliphatic carbocycles. The van der Waals surface area contributed by atoms with E-state index in [1.165, 1.54) is 5.56 Å². The van der Waals surface area contributed by atoms with Gasteiger partial charge in [-0.2, -0.15) is 0 Å². The maximum atomic E-state index is 13.9. The summed E-state index contributed by atoms with van der Waals surface area (Å²) < 4.78 is 7.24. The molecule has 1 saturated heterocycles. The quantitative estimate of drug-likeness (QED) is 0.348. The van der Waals surface area contributed by atoms with Crippen LogP contribution in [0.1, 0.15) is 59.1 Å². The lowest BCUT2D eigenvalue weighted by atomic mass is 10.0. The molecule has 1 N–H and O–H groups in total. The van der Waals surface area contributed by atoms with Crippen molar-refractivity contribution < 1.29 is 14.3 Å². The lowest BCUT2D eigenvalue weighted by molar-refractivity contribution is 0.0607. The highest BCUT2D eigenvalue weighted by Crippen LogP contribution is 2.45. The molecular formula is C29H31N5O3S. The lowest BCUT2D eigenvalue weighted by Crippen LogP contribution is -2.50. The summed E-state index contributed by atoms with van der Waals surface area (Å²) in [6.07, 6.45) is 4.46. The van der Waals surface area contributed by atoms with Crippen molar-refractivity contribution >= 4 is 34.2 Å². The SMILES string of the molecule is Cc1ccc(-c2sc(C3CC3)nc2C(=O)N2CCCC[C@H]2CNC(=O)Oc2nn(C)c3ccccc23)cc1. The Kier molecular flexibility index (Phi) is 6.61. The fraction of sp³-hybridized carbons (Fsp3) is 0.379. The number of aromatic nitrogens is 3. The molecule has 6 rings (SSSR count). The summed E-state index contributed by atoms with van der Waals surface area (Å²) in [6, 6.07) is 15.8. The molecule has 1 aliphatic heterocycles. The summed E-state index contributed by atoms with van der Waals surface area (Å²) in [7, 11) is 1.82. The minimum atomic E-state index is -0.572. The molecular weight excluding hydrogens is 498 g/mol. The Balaban J connectivity index is 1.18. The number of nitrogens with one attached hydrogen (secondary N) is 1. The maximum absolute atomic E-state index is 13.9. The molecule has 9 heteroatoms. The number of rotatable bonds is 6. The predicted molar refractivity (Wildman–Crippen MR) is 148 cm³/mol. The second-order valence-electron chi connectivity index (χ2n) is 10.2. The summed E-state index contributed by atoms with van der Waals surface area (Å²) in [5.41, 5.74) is 3.63. The molecule has 196 valence electrons. The van der Waals surface area contributed by atoms with Crippen LogP contribution in [0.5, 0.6) is 5.88 Å². The maximum Gasteiger partial charge on any atom is 0.414 e. The van der Waals surface area contributed by atoms with Crippen LogP contribution in [0.3, 0.4) is 0 Å². The number of nitrogens with zero attached hydrogens (tertiary/aromatic N) is 4. The first-order chi connectivity index (χ1) is 18.5. The fourth-order valence-electron chi connectivity index (χ4n) is 5.08. The van der Waals surface area contributed by atoms with Crippen molar-refractivity contribution in [1.82, 2.24) is 25.0 Å². The first-order valence-corrected chi connectivity index (χ1v) is 14.1. The number of piperidine rings is 1. The van der Waals surface area contributed by atoms with Crippen molar-refractivity contribution in [1.29, 1.82) is 0 Å². The molecule has 2 fully saturated rings. The largest absolute Gasteiger partial charge is 0.414 e. The Morgan fingerprint density at radius 3 is 2.66 bits per heavy atom.